The monoisotopic (exact) mass is 125 g/mol. The van der Waals surface area contributed by atoms with Gasteiger partial charge in [-0.3, -0.25) is 0 Å². The molecule has 2 bridgehead atoms. The van der Waals surface area contributed by atoms with Gasteiger partial charge < -0.3 is 10.6 Å². The predicted molar refractivity (Wildman–Crippen MR) is 36.9 cm³/mol. The Labute approximate surface area is 56.0 Å². The van der Waals surface area contributed by atoms with E-state index in [0.717, 1.165) is 12.6 Å². The van der Waals surface area contributed by atoms with E-state index >= 15 is 0 Å². The molecule has 0 aromatic rings. The van der Waals surface area contributed by atoms with Crippen LogP contribution in [0.1, 0.15) is 19.3 Å². The highest BCUT2D eigenvalue weighted by molar-refractivity contribution is 4.99. The number of nitrogens with one attached hydrogen (secondary N) is 2. The lowest BCUT2D eigenvalue weighted by atomic mass is 10.0. The van der Waals surface area contributed by atoms with Gasteiger partial charge in [0.15, 0.2) is 0 Å². The fraction of sp³-hybridized carbons (Fsp3) is 0.857. The van der Waals surface area contributed by atoms with Crippen LogP contribution in [0.2, 0.25) is 0 Å². The molecule has 1 unspecified atom stereocenters. The highest BCUT2D eigenvalue weighted by Crippen LogP contribution is 2.18. The molecule has 0 aromatic heterocycles. The summed E-state index contributed by atoms with van der Waals surface area (Å²) in [6.45, 7) is 2.30. The van der Waals surface area contributed by atoms with Crippen molar-refractivity contribution in [1.29, 1.82) is 0 Å². The minimum atomic E-state index is 0.809. The normalized spacial score (nSPS) is 36.7. The van der Waals surface area contributed by atoms with Gasteiger partial charge in [-0.25, -0.2) is 0 Å². The van der Waals surface area contributed by atoms with Crippen molar-refractivity contribution in [1.82, 2.24) is 10.6 Å². The first-order valence-electron chi connectivity index (χ1n) is 3.77. The van der Waals surface area contributed by atoms with Crippen LogP contribution < -0.4 is 10.6 Å². The highest BCUT2D eigenvalue weighted by Gasteiger charge is 2.23. The molecule has 2 heteroatoms. The lowest BCUT2D eigenvalue weighted by molar-refractivity contribution is 0.438. The first kappa shape index (κ1) is 5.69. The predicted octanol–water partition coefficient (Wildman–Crippen LogP) is 0.264. The molecular weight excluding hydrogens is 112 g/mol. The smallest absolute Gasteiger partial charge is 0.0503 e. The summed E-state index contributed by atoms with van der Waals surface area (Å²) in [5, 5.41) is 6.91. The Bertz CT molecular complexity index is 77.6. The van der Waals surface area contributed by atoms with Crippen molar-refractivity contribution >= 4 is 0 Å². The van der Waals surface area contributed by atoms with Gasteiger partial charge in [0, 0.05) is 12.6 Å². The molecule has 9 heavy (non-hydrogen) atoms. The van der Waals surface area contributed by atoms with Gasteiger partial charge in [0.05, 0.1) is 6.04 Å². The molecule has 0 saturated carbocycles. The van der Waals surface area contributed by atoms with Crippen molar-refractivity contribution in [3.8, 4) is 0 Å². The van der Waals surface area contributed by atoms with Crippen LogP contribution >= 0.6 is 0 Å². The van der Waals surface area contributed by atoms with Crippen LogP contribution in [0.4, 0.5) is 0 Å². The number of fused-ring (bicyclic) bond motifs is 4. The van der Waals surface area contributed by atoms with Crippen molar-refractivity contribution in [3.05, 3.63) is 6.04 Å². The maximum atomic E-state index is 3.48. The van der Waals surface area contributed by atoms with Crippen LogP contribution in [0.15, 0.2) is 0 Å². The van der Waals surface area contributed by atoms with E-state index in [9.17, 15) is 0 Å². The van der Waals surface area contributed by atoms with Gasteiger partial charge in [0.1, 0.15) is 0 Å². The number of piperidine rings is 1. The second-order valence-electron chi connectivity index (χ2n) is 2.94. The average Bonchev–Trinajstić information content (AvgIpc) is 2.21. The molecule has 3 heterocycles. The van der Waals surface area contributed by atoms with E-state index in [2.05, 4.69) is 10.6 Å². The molecule has 1 atom stereocenters. The Morgan fingerprint density at radius 3 is 3.11 bits per heavy atom. The van der Waals surface area contributed by atoms with Gasteiger partial charge >= 0.3 is 0 Å². The van der Waals surface area contributed by atoms with E-state index in [1.54, 1.807) is 0 Å². The quantitative estimate of drug-likeness (QED) is 0.485. The molecule has 3 saturated heterocycles. The summed E-state index contributed by atoms with van der Waals surface area (Å²) < 4.78 is 0. The van der Waals surface area contributed by atoms with Crippen LogP contribution in [-0.4, -0.2) is 19.1 Å². The van der Waals surface area contributed by atoms with E-state index in [4.69, 9.17) is 0 Å². The number of hydrogen-bond donors (Lipinski definition) is 2. The Hall–Kier alpha value is -0.0800. The van der Waals surface area contributed by atoms with Crippen molar-refractivity contribution in [3.63, 3.8) is 0 Å². The van der Waals surface area contributed by atoms with Gasteiger partial charge in [-0.15, -0.1) is 0 Å². The third-order valence-electron chi connectivity index (χ3n) is 2.27. The SMILES string of the molecule is C1CC2CC[C](CN2)N1. The standard InChI is InChI=1S/C7H13N2/c1-2-7-5-9-6(1)3-4-8-7/h6,8-9H,1-5H2. The zero-order valence-electron chi connectivity index (χ0n) is 5.61. The molecule has 2 nitrogen and oxygen atoms in total. The third-order valence-corrected chi connectivity index (χ3v) is 2.27. The maximum Gasteiger partial charge on any atom is 0.0503 e. The van der Waals surface area contributed by atoms with E-state index in [0.29, 0.717) is 0 Å². The summed E-state index contributed by atoms with van der Waals surface area (Å²) in [6.07, 6.45) is 3.96. The first-order chi connectivity index (χ1) is 4.45. The van der Waals surface area contributed by atoms with E-state index in [1.165, 1.54) is 31.8 Å². The molecule has 0 aromatic carbocycles. The Morgan fingerprint density at radius 2 is 2.33 bits per heavy atom. The van der Waals surface area contributed by atoms with E-state index in [-0.39, 0.29) is 0 Å². The molecule has 1 radical (unpaired) electrons. The summed E-state index contributed by atoms with van der Waals surface area (Å²) in [6, 6.07) is 2.33. The Balaban J connectivity index is 2.03. The zero-order chi connectivity index (χ0) is 6.10. The minimum Gasteiger partial charge on any atom is -0.312 e. The van der Waals surface area contributed by atoms with E-state index in [1.807, 2.05) is 0 Å². The summed E-state index contributed by atoms with van der Waals surface area (Å²) in [4.78, 5) is 0. The van der Waals surface area contributed by atoms with Crippen molar-refractivity contribution in [2.45, 2.75) is 25.3 Å². The van der Waals surface area contributed by atoms with E-state index < -0.39 is 0 Å². The summed E-state index contributed by atoms with van der Waals surface area (Å²) in [7, 11) is 0. The molecule has 0 aliphatic carbocycles. The van der Waals surface area contributed by atoms with Gasteiger partial charge in [0.25, 0.3) is 0 Å². The lowest BCUT2D eigenvalue weighted by Gasteiger charge is -2.23. The molecular formula is C7H13N2. The van der Waals surface area contributed by atoms with Gasteiger partial charge in [0.2, 0.25) is 0 Å². The van der Waals surface area contributed by atoms with Crippen LogP contribution in [0.5, 0.6) is 0 Å². The molecule has 3 aliphatic heterocycles. The maximum absolute atomic E-state index is 3.48. The largest absolute Gasteiger partial charge is 0.312 e. The van der Waals surface area contributed by atoms with Gasteiger partial charge in [-0.05, 0) is 25.8 Å². The highest BCUT2D eigenvalue weighted by atomic mass is 15.0. The first-order valence-corrected chi connectivity index (χ1v) is 3.77. The molecule has 0 spiro atoms. The fourth-order valence-corrected chi connectivity index (χ4v) is 1.63. The van der Waals surface area contributed by atoms with Gasteiger partial charge in [-0.2, -0.15) is 0 Å². The summed E-state index contributed by atoms with van der Waals surface area (Å²) in [5.41, 5.74) is 0. The van der Waals surface area contributed by atoms with Crippen molar-refractivity contribution < 1.29 is 0 Å². The third kappa shape index (κ3) is 1.10. The molecule has 3 rings (SSSR count). The Morgan fingerprint density at radius 1 is 1.33 bits per heavy atom. The molecule has 3 aliphatic rings. The summed E-state index contributed by atoms with van der Waals surface area (Å²) >= 11 is 0. The van der Waals surface area contributed by atoms with Crippen LogP contribution in [-0.2, 0) is 0 Å². The van der Waals surface area contributed by atoms with Crippen molar-refractivity contribution in [2.24, 2.45) is 0 Å². The Kier molecular flexibility index (Phi) is 1.44. The molecule has 2 N–H and O–H groups in total. The van der Waals surface area contributed by atoms with Crippen LogP contribution in [0.3, 0.4) is 0 Å². The second-order valence-corrected chi connectivity index (χ2v) is 2.94. The molecule has 0 amide bonds. The van der Waals surface area contributed by atoms with Crippen LogP contribution in [0, 0.1) is 6.04 Å². The minimum absolute atomic E-state index is 0.809. The average molecular weight is 125 g/mol. The van der Waals surface area contributed by atoms with Gasteiger partial charge in [-0.1, -0.05) is 0 Å². The molecule has 51 valence electrons. The summed E-state index contributed by atoms with van der Waals surface area (Å²) in [5.74, 6) is 0. The lowest BCUT2D eigenvalue weighted by Crippen LogP contribution is -2.37. The number of rotatable bonds is 0. The second kappa shape index (κ2) is 2.27. The van der Waals surface area contributed by atoms with Crippen LogP contribution in [0.25, 0.3) is 0 Å². The zero-order valence-corrected chi connectivity index (χ0v) is 5.61. The fourth-order valence-electron chi connectivity index (χ4n) is 1.63. The number of hydrogen-bond acceptors (Lipinski definition) is 2. The molecule has 3 fully saturated rings. The topological polar surface area (TPSA) is 24.1 Å². The van der Waals surface area contributed by atoms with Crippen molar-refractivity contribution in [2.75, 3.05) is 13.1 Å².